The number of carbonyl (C=O) groups is 1. The predicted molar refractivity (Wildman–Crippen MR) is 75.0 cm³/mol. The van der Waals surface area contributed by atoms with Gasteiger partial charge in [-0.15, -0.1) is 0 Å². The highest BCUT2D eigenvalue weighted by atomic mass is 16.7. The minimum atomic E-state index is -0.510. The first-order valence-corrected chi connectivity index (χ1v) is 8.43. The molecule has 3 heteroatoms. The van der Waals surface area contributed by atoms with E-state index in [4.69, 9.17) is 4.74 Å². The van der Waals surface area contributed by atoms with Crippen molar-refractivity contribution in [3.05, 3.63) is 0 Å². The van der Waals surface area contributed by atoms with Crippen molar-refractivity contribution < 1.29 is 14.3 Å². The zero-order valence-electron chi connectivity index (χ0n) is 12.6. The number of ether oxygens (including phenoxy) is 2. The summed E-state index contributed by atoms with van der Waals surface area (Å²) in [5.41, 5.74) is 0. The standard InChI is InChI=1S/C17H26O3/c1-3-9-4-10-6-13(9)16-14-7-11(15(10)16)5-12(14)8-20-17(18)19-2/h9-16H,3-8H2,1-2H3. The van der Waals surface area contributed by atoms with Gasteiger partial charge in [-0.05, 0) is 73.0 Å². The molecule has 0 spiro atoms. The van der Waals surface area contributed by atoms with Crippen LogP contribution in [0.15, 0.2) is 0 Å². The molecule has 4 bridgehead atoms. The lowest BCUT2D eigenvalue weighted by atomic mass is 9.64. The molecule has 0 radical (unpaired) electrons. The normalized spacial score (nSPS) is 51.3. The van der Waals surface area contributed by atoms with Gasteiger partial charge in [-0.3, -0.25) is 0 Å². The molecule has 4 rings (SSSR count). The van der Waals surface area contributed by atoms with Crippen molar-refractivity contribution in [1.29, 1.82) is 0 Å². The number of carbonyl (C=O) groups excluding carboxylic acids is 1. The van der Waals surface area contributed by atoms with Crippen molar-refractivity contribution in [1.82, 2.24) is 0 Å². The Hall–Kier alpha value is -0.730. The van der Waals surface area contributed by atoms with Crippen LogP contribution in [0, 0.1) is 47.3 Å². The van der Waals surface area contributed by atoms with Crippen molar-refractivity contribution in [3.63, 3.8) is 0 Å². The van der Waals surface area contributed by atoms with Gasteiger partial charge in [0.1, 0.15) is 0 Å². The first-order chi connectivity index (χ1) is 9.72. The second-order valence-corrected chi connectivity index (χ2v) is 7.64. The van der Waals surface area contributed by atoms with Gasteiger partial charge in [0.25, 0.3) is 0 Å². The minimum absolute atomic E-state index is 0.510. The average Bonchev–Trinajstić information content (AvgIpc) is 3.20. The summed E-state index contributed by atoms with van der Waals surface area (Å²) in [6, 6.07) is 0. The third-order valence-electron chi connectivity index (χ3n) is 7.20. The molecule has 0 heterocycles. The molecule has 20 heavy (non-hydrogen) atoms. The average molecular weight is 278 g/mol. The predicted octanol–water partition coefficient (Wildman–Crippen LogP) is 3.72. The molecule has 0 aromatic heterocycles. The van der Waals surface area contributed by atoms with Crippen LogP contribution in [0.25, 0.3) is 0 Å². The van der Waals surface area contributed by atoms with Gasteiger partial charge in [-0.1, -0.05) is 13.3 Å². The lowest BCUT2D eigenvalue weighted by molar-refractivity contribution is 0.0192. The molecule has 4 aliphatic rings. The van der Waals surface area contributed by atoms with Crippen LogP contribution in [0.4, 0.5) is 4.79 Å². The third kappa shape index (κ3) is 1.67. The maximum absolute atomic E-state index is 11.2. The fourth-order valence-corrected chi connectivity index (χ4v) is 6.77. The topological polar surface area (TPSA) is 35.5 Å². The van der Waals surface area contributed by atoms with Crippen molar-refractivity contribution >= 4 is 6.16 Å². The quantitative estimate of drug-likeness (QED) is 0.583. The SMILES string of the molecule is CCC1CC2CC1C1C3CC(CC3COC(=O)OC)C21. The molecule has 0 aromatic carbocycles. The fraction of sp³-hybridized carbons (Fsp3) is 0.941. The first-order valence-electron chi connectivity index (χ1n) is 8.43. The zero-order chi connectivity index (χ0) is 13.9. The first kappa shape index (κ1) is 13.0. The van der Waals surface area contributed by atoms with Crippen molar-refractivity contribution in [3.8, 4) is 0 Å². The highest BCUT2D eigenvalue weighted by Crippen LogP contribution is 2.70. The van der Waals surface area contributed by atoms with E-state index in [2.05, 4.69) is 11.7 Å². The van der Waals surface area contributed by atoms with Gasteiger partial charge in [0, 0.05) is 0 Å². The Labute approximate surface area is 121 Å². The van der Waals surface area contributed by atoms with E-state index in [0.29, 0.717) is 12.5 Å². The Bertz CT molecular complexity index is 407. The van der Waals surface area contributed by atoms with Crippen LogP contribution in [0.2, 0.25) is 0 Å². The summed E-state index contributed by atoms with van der Waals surface area (Å²) in [6.45, 7) is 2.96. The van der Waals surface area contributed by atoms with Crippen molar-refractivity contribution in [2.45, 2.75) is 39.0 Å². The number of hydrogen-bond donors (Lipinski definition) is 0. The van der Waals surface area contributed by atoms with E-state index in [-0.39, 0.29) is 0 Å². The molecule has 0 amide bonds. The van der Waals surface area contributed by atoms with Crippen LogP contribution in [0.5, 0.6) is 0 Å². The van der Waals surface area contributed by atoms with Gasteiger partial charge in [0.2, 0.25) is 0 Å². The highest BCUT2D eigenvalue weighted by molar-refractivity contribution is 5.59. The van der Waals surface area contributed by atoms with Gasteiger partial charge in [0.05, 0.1) is 13.7 Å². The number of hydrogen-bond acceptors (Lipinski definition) is 3. The van der Waals surface area contributed by atoms with Crippen LogP contribution in [0.3, 0.4) is 0 Å². The molecule has 4 aliphatic carbocycles. The van der Waals surface area contributed by atoms with Gasteiger partial charge in [-0.25, -0.2) is 4.79 Å². The highest BCUT2D eigenvalue weighted by Gasteiger charge is 2.64. The maximum Gasteiger partial charge on any atom is 0.507 e. The molecule has 0 aromatic rings. The smallest absolute Gasteiger partial charge is 0.438 e. The molecule has 0 saturated heterocycles. The second-order valence-electron chi connectivity index (χ2n) is 7.64. The van der Waals surface area contributed by atoms with Gasteiger partial charge in [0.15, 0.2) is 0 Å². The van der Waals surface area contributed by atoms with E-state index in [1.807, 2.05) is 0 Å². The Kier molecular flexibility index (Phi) is 3.01. The molecular formula is C17H26O3. The summed E-state index contributed by atoms with van der Waals surface area (Å²) in [5, 5.41) is 0. The molecule has 8 unspecified atom stereocenters. The molecule has 3 nitrogen and oxygen atoms in total. The molecule has 4 fully saturated rings. The van der Waals surface area contributed by atoms with E-state index >= 15 is 0 Å². The molecule has 0 aliphatic heterocycles. The van der Waals surface area contributed by atoms with Gasteiger partial charge in [-0.2, -0.15) is 0 Å². The monoisotopic (exact) mass is 278 g/mol. The number of methoxy groups -OCH3 is 1. The number of rotatable bonds is 3. The molecule has 8 atom stereocenters. The van der Waals surface area contributed by atoms with E-state index in [0.717, 1.165) is 41.4 Å². The van der Waals surface area contributed by atoms with E-state index in [9.17, 15) is 4.79 Å². The van der Waals surface area contributed by atoms with E-state index in [1.54, 1.807) is 0 Å². The lowest BCUT2D eigenvalue weighted by Gasteiger charge is -2.41. The van der Waals surface area contributed by atoms with Crippen LogP contribution in [-0.2, 0) is 9.47 Å². The van der Waals surface area contributed by atoms with Crippen molar-refractivity contribution in [2.24, 2.45) is 47.3 Å². The van der Waals surface area contributed by atoms with Crippen molar-refractivity contribution in [2.75, 3.05) is 13.7 Å². The minimum Gasteiger partial charge on any atom is -0.438 e. The van der Waals surface area contributed by atoms with Crippen LogP contribution < -0.4 is 0 Å². The van der Waals surface area contributed by atoms with Crippen LogP contribution in [0.1, 0.15) is 39.0 Å². The Morgan fingerprint density at radius 1 is 1.00 bits per heavy atom. The van der Waals surface area contributed by atoms with Gasteiger partial charge < -0.3 is 9.47 Å². The summed E-state index contributed by atoms with van der Waals surface area (Å²) in [7, 11) is 1.39. The van der Waals surface area contributed by atoms with E-state index in [1.165, 1.54) is 39.2 Å². The molecule has 112 valence electrons. The van der Waals surface area contributed by atoms with Crippen LogP contribution >= 0.6 is 0 Å². The summed E-state index contributed by atoms with van der Waals surface area (Å²) < 4.78 is 9.85. The largest absolute Gasteiger partial charge is 0.507 e. The molecular weight excluding hydrogens is 252 g/mol. The summed E-state index contributed by atoms with van der Waals surface area (Å²) >= 11 is 0. The van der Waals surface area contributed by atoms with Gasteiger partial charge >= 0.3 is 6.16 Å². The van der Waals surface area contributed by atoms with Crippen LogP contribution in [-0.4, -0.2) is 19.9 Å². The zero-order valence-corrected chi connectivity index (χ0v) is 12.6. The Morgan fingerprint density at radius 2 is 1.65 bits per heavy atom. The molecule has 0 N–H and O–H groups in total. The number of fused-ring (bicyclic) bond motifs is 9. The van der Waals surface area contributed by atoms with E-state index < -0.39 is 6.16 Å². The summed E-state index contributed by atoms with van der Waals surface area (Å²) in [6.07, 6.45) is 6.58. The lowest BCUT2D eigenvalue weighted by Crippen LogP contribution is -2.37. The summed E-state index contributed by atoms with van der Waals surface area (Å²) in [5.74, 6) is 7.38. The third-order valence-corrected chi connectivity index (χ3v) is 7.20. The summed E-state index contributed by atoms with van der Waals surface area (Å²) in [4.78, 5) is 11.2. The Balaban J connectivity index is 1.45. The maximum atomic E-state index is 11.2. The fourth-order valence-electron chi connectivity index (χ4n) is 6.77. The second kappa shape index (κ2) is 4.64. The Morgan fingerprint density at radius 3 is 2.30 bits per heavy atom. The molecule has 4 saturated carbocycles.